The number of carbonyl (C=O) groups excluding carboxylic acids is 1. The molecule has 1 heterocycles. The van der Waals surface area contributed by atoms with Crippen molar-refractivity contribution in [3.05, 3.63) is 0 Å². The number of aliphatic hydroxyl groups is 1. The number of carbonyl (C=O) groups is 1. The lowest BCUT2D eigenvalue weighted by atomic mass is 9.92. The van der Waals surface area contributed by atoms with E-state index in [-0.39, 0.29) is 12.1 Å². The van der Waals surface area contributed by atoms with E-state index >= 15 is 0 Å². The van der Waals surface area contributed by atoms with Crippen LogP contribution in [0, 0.1) is 0 Å². The van der Waals surface area contributed by atoms with Crippen LogP contribution in [0.15, 0.2) is 0 Å². The van der Waals surface area contributed by atoms with Gasteiger partial charge in [0, 0.05) is 25.2 Å². The minimum Gasteiger partial charge on any atom is -0.389 e. The first-order valence-electron chi connectivity index (χ1n) is 9.41. The lowest BCUT2D eigenvalue weighted by molar-refractivity contribution is 0.0462. The van der Waals surface area contributed by atoms with Gasteiger partial charge >= 0.3 is 6.03 Å². The summed E-state index contributed by atoms with van der Waals surface area (Å²) >= 11 is 0. The molecule has 0 aromatic heterocycles. The summed E-state index contributed by atoms with van der Waals surface area (Å²) in [5.41, 5.74) is -0.853. The summed E-state index contributed by atoms with van der Waals surface area (Å²) in [4.78, 5) is 16.8. The summed E-state index contributed by atoms with van der Waals surface area (Å²) < 4.78 is 0. The highest BCUT2D eigenvalue weighted by Gasteiger charge is 2.29. The molecule has 134 valence electrons. The van der Waals surface area contributed by atoms with Gasteiger partial charge in [-0.2, -0.15) is 0 Å². The summed E-state index contributed by atoms with van der Waals surface area (Å²) in [5.74, 6) is 0. The SMILES string of the molecule is CCN(CC(C)(C)O)C(=O)NC1CCCN(C2CCCCC2)C1. The average Bonchev–Trinajstić information content (AvgIpc) is 2.53. The number of likely N-dealkylation sites (tertiary alicyclic amines) is 1. The van der Waals surface area contributed by atoms with E-state index in [2.05, 4.69) is 10.2 Å². The maximum Gasteiger partial charge on any atom is 0.317 e. The van der Waals surface area contributed by atoms with Gasteiger partial charge in [0.05, 0.1) is 12.1 Å². The zero-order valence-electron chi connectivity index (χ0n) is 15.2. The van der Waals surface area contributed by atoms with Gasteiger partial charge in [0.1, 0.15) is 0 Å². The minimum atomic E-state index is -0.853. The second-order valence-electron chi connectivity index (χ2n) is 7.90. The number of likely N-dealkylation sites (N-methyl/N-ethyl adjacent to an activating group) is 1. The Morgan fingerprint density at radius 3 is 2.52 bits per heavy atom. The maximum absolute atomic E-state index is 12.5. The van der Waals surface area contributed by atoms with E-state index in [1.165, 1.54) is 45.1 Å². The van der Waals surface area contributed by atoms with Crippen molar-refractivity contribution in [2.45, 2.75) is 83.4 Å². The molecule has 1 aliphatic heterocycles. The molecule has 1 saturated heterocycles. The Morgan fingerprint density at radius 2 is 1.91 bits per heavy atom. The normalized spacial score (nSPS) is 24.4. The van der Waals surface area contributed by atoms with Crippen LogP contribution in [0.2, 0.25) is 0 Å². The Morgan fingerprint density at radius 1 is 1.22 bits per heavy atom. The van der Waals surface area contributed by atoms with Crippen molar-refractivity contribution in [1.29, 1.82) is 0 Å². The maximum atomic E-state index is 12.5. The van der Waals surface area contributed by atoms with Gasteiger partial charge in [-0.15, -0.1) is 0 Å². The zero-order chi connectivity index (χ0) is 16.9. The zero-order valence-corrected chi connectivity index (χ0v) is 15.2. The molecule has 2 aliphatic rings. The van der Waals surface area contributed by atoms with Crippen LogP contribution >= 0.6 is 0 Å². The molecule has 2 amide bonds. The van der Waals surface area contributed by atoms with Crippen molar-refractivity contribution in [2.24, 2.45) is 0 Å². The van der Waals surface area contributed by atoms with Crippen LogP contribution in [0.4, 0.5) is 4.79 Å². The van der Waals surface area contributed by atoms with Gasteiger partial charge in [-0.1, -0.05) is 19.3 Å². The lowest BCUT2D eigenvalue weighted by Gasteiger charge is -2.40. The summed E-state index contributed by atoms with van der Waals surface area (Å²) in [7, 11) is 0. The van der Waals surface area contributed by atoms with E-state index in [4.69, 9.17) is 0 Å². The average molecular weight is 325 g/mol. The Labute approximate surface area is 141 Å². The van der Waals surface area contributed by atoms with Gasteiger partial charge in [0.15, 0.2) is 0 Å². The van der Waals surface area contributed by atoms with Gasteiger partial charge in [-0.3, -0.25) is 4.90 Å². The monoisotopic (exact) mass is 325 g/mol. The third-order valence-corrected chi connectivity index (χ3v) is 5.12. The molecule has 0 aromatic rings. The minimum absolute atomic E-state index is 0.0369. The van der Waals surface area contributed by atoms with Gasteiger partial charge in [-0.05, 0) is 53.0 Å². The Balaban J connectivity index is 1.84. The highest BCUT2D eigenvalue weighted by Crippen LogP contribution is 2.25. The molecule has 1 unspecified atom stereocenters. The number of nitrogens with one attached hydrogen (secondary N) is 1. The molecule has 0 spiro atoms. The summed E-state index contributed by atoms with van der Waals surface area (Å²) in [6, 6.07) is 0.932. The van der Waals surface area contributed by atoms with Crippen molar-refractivity contribution in [2.75, 3.05) is 26.2 Å². The lowest BCUT2D eigenvalue weighted by Crippen LogP contribution is -2.55. The van der Waals surface area contributed by atoms with Crippen LogP contribution in [0.25, 0.3) is 0 Å². The van der Waals surface area contributed by atoms with Crippen LogP contribution in [0.5, 0.6) is 0 Å². The standard InChI is InChI=1S/C18H35N3O2/c1-4-20(14-18(2,3)23)17(22)19-15-9-8-12-21(13-15)16-10-6-5-7-11-16/h15-16,23H,4-14H2,1-3H3,(H,19,22). The van der Waals surface area contributed by atoms with Crippen LogP contribution < -0.4 is 5.32 Å². The third-order valence-electron chi connectivity index (χ3n) is 5.12. The highest BCUT2D eigenvalue weighted by molar-refractivity contribution is 5.74. The van der Waals surface area contributed by atoms with Gasteiger partial charge in [-0.25, -0.2) is 4.79 Å². The van der Waals surface area contributed by atoms with E-state index in [1.54, 1.807) is 18.7 Å². The molecule has 23 heavy (non-hydrogen) atoms. The molecule has 0 radical (unpaired) electrons. The van der Waals surface area contributed by atoms with E-state index in [0.29, 0.717) is 13.1 Å². The van der Waals surface area contributed by atoms with Crippen molar-refractivity contribution in [3.63, 3.8) is 0 Å². The molecular weight excluding hydrogens is 290 g/mol. The number of urea groups is 1. The van der Waals surface area contributed by atoms with Crippen molar-refractivity contribution in [1.82, 2.24) is 15.1 Å². The van der Waals surface area contributed by atoms with Crippen LogP contribution in [-0.2, 0) is 0 Å². The molecule has 0 bridgehead atoms. The number of hydrogen-bond donors (Lipinski definition) is 2. The smallest absolute Gasteiger partial charge is 0.317 e. The first-order chi connectivity index (χ1) is 10.9. The molecule has 0 aromatic carbocycles. The molecule has 5 nitrogen and oxygen atoms in total. The quantitative estimate of drug-likeness (QED) is 0.817. The third kappa shape index (κ3) is 5.96. The fourth-order valence-electron chi connectivity index (χ4n) is 3.96. The number of piperidine rings is 1. The van der Waals surface area contributed by atoms with Crippen LogP contribution in [0.1, 0.15) is 65.7 Å². The van der Waals surface area contributed by atoms with Crippen molar-refractivity contribution < 1.29 is 9.90 Å². The highest BCUT2D eigenvalue weighted by atomic mass is 16.3. The topological polar surface area (TPSA) is 55.8 Å². The Hall–Kier alpha value is -0.810. The number of hydrogen-bond acceptors (Lipinski definition) is 3. The molecule has 1 atom stereocenters. The molecule has 1 aliphatic carbocycles. The predicted molar refractivity (Wildman–Crippen MR) is 93.5 cm³/mol. The Kier molecular flexibility index (Phi) is 6.72. The molecule has 5 heteroatoms. The van der Waals surface area contributed by atoms with Crippen molar-refractivity contribution in [3.8, 4) is 0 Å². The second kappa shape index (κ2) is 8.34. The number of rotatable bonds is 5. The molecule has 2 N–H and O–H groups in total. The fourth-order valence-corrected chi connectivity index (χ4v) is 3.96. The van der Waals surface area contributed by atoms with Crippen molar-refractivity contribution >= 4 is 6.03 Å². The first kappa shape index (κ1) is 18.5. The Bertz CT molecular complexity index is 375. The van der Waals surface area contributed by atoms with Crippen LogP contribution in [-0.4, -0.2) is 64.8 Å². The van der Waals surface area contributed by atoms with Gasteiger partial charge in [0.25, 0.3) is 0 Å². The predicted octanol–water partition coefficient (Wildman–Crippen LogP) is 2.59. The van der Waals surface area contributed by atoms with Gasteiger partial charge < -0.3 is 15.3 Å². The molecule has 2 fully saturated rings. The number of amides is 2. The summed E-state index contributed by atoms with van der Waals surface area (Å²) in [6.07, 6.45) is 8.96. The fraction of sp³-hybridized carbons (Fsp3) is 0.944. The van der Waals surface area contributed by atoms with E-state index in [1.807, 2.05) is 6.92 Å². The van der Waals surface area contributed by atoms with E-state index in [9.17, 15) is 9.90 Å². The first-order valence-corrected chi connectivity index (χ1v) is 9.41. The summed E-state index contributed by atoms with van der Waals surface area (Å²) in [6.45, 7) is 8.60. The van der Waals surface area contributed by atoms with Crippen LogP contribution in [0.3, 0.4) is 0 Å². The van der Waals surface area contributed by atoms with E-state index in [0.717, 1.165) is 19.0 Å². The largest absolute Gasteiger partial charge is 0.389 e. The van der Waals surface area contributed by atoms with Gasteiger partial charge in [0.2, 0.25) is 0 Å². The molecular formula is C18H35N3O2. The van der Waals surface area contributed by atoms with E-state index < -0.39 is 5.60 Å². The second-order valence-corrected chi connectivity index (χ2v) is 7.90. The molecule has 1 saturated carbocycles. The molecule has 2 rings (SSSR count). The summed E-state index contributed by atoms with van der Waals surface area (Å²) in [5, 5.41) is 13.2. The number of nitrogens with zero attached hydrogens (tertiary/aromatic N) is 2.